The fraction of sp³-hybridized carbons (Fsp3) is 0.522. The van der Waals surface area contributed by atoms with Gasteiger partial charge in [0, 0.05) is 30.5 Å². The summed E-state index contributed by atoms with van der Waals surface area (Å²) in [6.07, 6.45) is 9.34. The van der Waals surface area contributed by atoms with Crippen LogP contribution in [-0.2, 0) is 10.7 Å². The van der Waals surface area contributed by atoms with E-state index in [-0.39, 0.29) is 11.3 Å². The molecule has 168 valence electrons. The number of halogens is 4. The first-order valence-corrected chi connectivity index (χ1v) is 11.6. The predicted molar refractivity (Wildman–Crippen MR) is 112 cm³/mol. The number of carbonyl (C=O) groups is 1. The Labute approximate surface area is 183 Å². The summed E-state index contributed by atoms with van der Waals surface area (Å²) in [5.74, 6) is -5.05. The van der Waals surface area contributed by atoms with Gasteiger partial charge in [-0.15, -0.1) is 11.8 Å². The summed E-state index contributed by atoms with van der Waals surface area (Å²) in [6, 6.07) is 2.10. The average Bonchev–Trinajstić information content (AvgIpc) is 3.29. The fourth-order valence-electron chi connectivity index (χ4n) is 5.21. The lowest BCUT2D eigenvalue weighted by molar-refractivity contribution is -0.133. The highest BCUT2D eigenvalue weighted by Gasteiger charge is 2.43. The van der Waals surface area contributed by atoms with Crippen molar-refractivity contribution in [2.75, 3.05) is 12.3 Å². The minimum atomic E-state index is -3.34. The van der Waals surface area contributed by atoms with Gasteiger partial charge in [0.05, 0.1) is 5.57 Å². The molecule has 1 aromatic rings. The molecule has 0 radical (unpaired) electrons. The Bertz CT molecular complexity index is 884. The number of allylic oxidation sites excluding steroid dienone is 2. The molecule has 4 rings (SSSR count). The van der Waals surface area contributed by atoms with Gasteiger partial charge in [-0.2, -0.15) is 0 Å². The van der Waals surface area contributed by atoms with Gasteiger partial charge in [0.1, 0.15) is 5.37 Å². The van der Waals surface area contributed by atoms with E-state index in [9.17, 15) is 27.5 Å². The molecular weight excluding hydrogens is 430 g/mol. The molecule has 0 saturated heterocycles. The van der Waals surface area contributed by atoms with Gasteiger partial charge >= 0.3 is 5.97 Å². The third kappa shape index (κ3) is 4.64. The van der Waals surface area contributed by atoms with Crippen LogP contribution in [0.2, 0.25) is 0 Å². The Morgan fingerprint density at radius 2 is 1.81 bits per heavy atom. The molecule has 2 bridgehead atoms. The van der Waals surface area contributed by atoms with Crippen LogP contribution in [0.5, 0.6) is 0 Å². The second-order valence-electron chi connectivity index (χ2n) is 8.61. The van der Waals surface area contributed by atoms with E-state index in [1.807, 2.05) is 11.1 Å². The van der Waals surface area contributed by atoms with Crippen molar-refractivity contribution < 1.29 is 27.5 Å². The standard InChI is InChI=1S/C23H25F4NO2S/c24-19-8-7-16(12-20(19)25)23(26,27)9-11-31-21-17(22(29)30)2-1-10-28(21)13-18-14-3-4-15(18)6-5-14/h1-2,7-8,10,12,14-15,18,21H,3-6,9,11,13H2,(H,29,30). The Morgan fingerprint density at radius 1 is 1.13 bits per heavy atom. The zero-order valence-electron chi connectivity index (χ0n) is 16.9. The summed E-state index contributed by atoms with van der Waals surface area (Å²) < 4.78 is 55.6. The molecule has 1 atom stereocenters. The topological polar surface area (TPSA) is 40.5 Å². The van der Waals surface area contributed by atoms with Crippen molar-refractivity contribution >= 4 is 17.7 Å². The maximum Gasteiger partial charge on any atom is 0.334 e. The van der Waals surface area contributed by atoms with Crippen molar-refractivity contribution in [3.05, 3.63) is 59.3 Å². The summed E-state index contributed by atoms with van der Waals surface area (Å²) in [7, 11) is 0. The molecule has 3 nitrogen and oxygen atoms in total. The van der Waals surface area contributed by atoms with Crippen LogP contribution < -0.4 is 0 Å². The van der Waals surface area contributed by atoms with Crippen LogP contribution in [0.15, 0.2) is 42.1 Å². The summed E-state index contributed by atoms with van der Waals surface area (Å²) in [4.78, 5) is 13.7. The first-order chi connectivity index (χ1) is 14.8. The molecule has 2 saturated carbocycles. The average molecular weight is 456 g/mol. The van der Waals surface area contributed by atoms with Crippen LogP contribution in [0.1, 0.15) is 37.7 Å². The zero-order valence-corrected chi connectivity index (χ0v) is 17.8. The van der Waals surface area contributed by atoms with E-state index < -0.39 is 40.9 Å². The third-order valence-electron chi connectivity index (χ3n) is 6.85. The number of nitrogens with zero attached hydrogens (tertiary/aromatic N) is 1. The molecule has 31 heavy (non-hydrogen) atoms. The second kappa shape index (κ2) is 8.88. The number of carboxylic acids is 1. The summed E-state index contributed by atoms with van der Waals surface area (Å²) in [5.41, 5.74) is -0.405. The molecule has 1 aromatic carbocycles. The number of fused-ring (bicyclic) bond motifs is 2. The predicted octanol–water partition coefficient (Wildman–Crippen LogP) is 5.78. The largest absolute Gasteiger partial charge is 0.478 e. The number of hydrogen-bond donors (Lipinski definition) is 1. The van der Waals surface area contributed by atoms with Crippen molar-refractivity contribution in [3.63, 3.8) is 0 Å². The summed E-state index contributed by atoms with van der Waals surface area (Å²) in [6.45, 7) is 0.730. The lowest BCUT2D eigenvalue weighted by atomic mass is 9.96. The van der Waals surface area contributed by atoms with Crippen molar-refractivity contribution in [1.29, 1.82) is 0 Å². The van der Waals surface area contributed by atoms with E-state index in [4.69, 9.17) is 0 Å². The highest BCUT2D eigenvalue weighted by atomic mass is 32.2. The number of thioether (sulfide) groups is 1. The molecule has 2 aliphatic carbocycles. The molecule has 0 aromatic heterocycles. The quantitative estimate of drug-likeness (QED) is 0.505. The van der Waals surface area contributed by atoms with Crippen LogP contribution in [0, 0.1) is 29.4 Å². The number of alkyl halides is 2. The van der Waals surface area contributed by atoms with Gasteiger partial charge in [-0.3, -0.25) is 0 Å². The van der Waals surface area contributed by atoms with Crippen LogP contribution in [0.3, 0.4) is 0 Å². The Kier molecular flexibility index (Phi) is 6.37. The Hall–Kier alpha value is -1.96. The minimum Gasteiger partial charge on any atom is -0.478 e. The monoisotopic (exact) mass is 455 g/mol. The Balaban J connectivity index is 1.43. The second-order valence-corrected chi connectivity index (χ2v) is 9.80. The molecule has 8 heteroatoms. The van der Waals surface area contributed by atoms with E-state index in [2.05, 4.69) is 0 Å². The van der Waals surface area contributed by atoms with Crippen molar-refractivity contribution in [3.8, 4) is 0 Å². The maximum absolute atomic E-state index is 14.6. The Morgan fingerprint density at radius 3 is 2.42 bits per heavy atom. The van der Waals surface area contributed by atoms with Crippen LogP contribution >= 0.6 is 11.8 Å². The highest BCUT2D eigenvalue weighted by molar-refractivity contribution is 8.00. The molecule has 0 spiro atoms. The van der Waals surface area contributed by atoms with Crippen LogP contribution in [0.4, 0.5) is 17.6 Å². The SMILES string of the molecule is O=C(O)C1=CC=CN(CC2C3CCC2CC3)C1SCCC(F)(F)c1ccc(F)c(F)c1. The van der Waals surface area contributed by atoms with E-state index in [1.54, 1.807) is 6.08 Å². The lowest BCUT2D eigenvalue weighted by Gasteiger charge is -2.36. The van der Waals surface area contributed by atoms with Crippen molar-refractivity contribution in [2.24, 2.45) is 17.8 Å². The van der Waals surface area contributed by atoms with Gasteiger partial charge in [-0.05, 0) is 73.8 Å². The highest BCUT2D eigenvalue weighted by Crippen LogP contribution is 2.50. The van der Waals surface area contributed by atoms with Gasteiger partial charge in [0.15, 0.2) is 11.6 Å². The first-order valence-electron chi connectivity index (χ1n) is 10.6. The van der Waals surface area contributed by atoms with Crippen LogP contribution in [-0.4, -0.2) is 33.6 Å². The molecule has 1 unspecified atom stereocenters. The summed E-state index contributed by atoms with van der Waals surface area (Å²) in [5, 5.41) is 9.08. The van der Waals surface area contributed by atoms with Crippen molar-refractivity contribution in [2.45, 2.75) is 43.4 Å². The molecule has 1 heterocycles. The zero-order chi connectivity index (χ0) is 22.2. The molecule has 3 aliphatic rings. The fourth-order valence-corrected chi connectivity index (χ4v) is 6.51. The molecule has 2 fully saturated rings. The van der Waals surface area contributed by atoms with E-state index in [0.29, 0.717) is 29.9 Å². The van der Waals surface area contributed by atoms with E-state index in [0.717, 1.165) is 24.4 Å². The smallest absolute Gasteiger partial charge is 0.334 e. The third-order valence-corrected chi connectivity index (χ3v) is 8.13. The maximum atomic E-state index is 14.6. The normalized spacial score (nSPS) is 27.6. The number of aliphatic carboxylic acids is 1. The van der Waals surface area contributed by atoms with Gasteiger partial charge in [-0.25, -0.2) is 22.4 Å². The number of benzene rings is 1. The van der Waals surface area contributed by atoms with Gasteiger partial charge in [0.25, 0.3) is 5.92 Å². The lowest BCUT2D eigenvalue weighted by Crippen LogP contribution is -2.39. The van der Waals surface area contributed by atoms with Crippen LogP contribution in [0.25, 0.3) is 0 Å². The van der Waals surface area contributed by atoms with Gasteiger partial charge in [0.2, 0.25) is 0 Å². The summed E-state index contributed by atoms with van der Waals surface area (Å²) >= 11 is 1.15. The minimum absolute atomic E-state index is 0.0247. The van der Waals surface area contributed by atoms with Crippen molar-refractivity contribution in [1.82, 2.24) is 4.90 Å². The molecule has 0 amide bonds. The molecule has 1 N–H and O–H groups in total. The van der Waals surface area contributed by atoms with Gasteiger partial charge in [-0.1, -0.05) is 0 Å². The number of rotatable bonds is 8. The van der Waals surface area contributed by atoms with E-state index in [1.165, 1.54) is 31.8 Å². The number of carboxylic acid groups (broad SMARTS) is 1. The first kappa shape index (κ1) is 22.2. The van der Waals surface area contributed by atoms with Gasteiger partial charge < -0.3 is 10.0 Å². The molecular formula is C23H25F4NO2S. The van der Waals surface area contributed by atoms with E-state index >= 15 is 0 Å². The molecule has 1 aliphatic heterocycles. The number of hydrogen-bond acceptors (Lipinski definition) is 3.